The van der Waals surface area contributed by atoms with Crippen LogP contribution in [-0.2, 0) is 13.6 Å². The molecule has 0 aromatic carbocycles. The smallest absolute Gasteiger partial charge is 0.104 e. The summed E-state index contributed by atoms with van der Waals surface area (Å²) >= 11 is 5.31. The van der Waals surface area contributed by atoms with Crippen molar-refractivity contribution in [2.45, 2.75) is 31.1 Å². The Morgan fingerprint density at radius 1 is 1.47 bits per heavy atom. The number of nitrogens with zero attached hydrogens (tertiary/aromatic N) is 4. The minimum atomic E-state index is -0.171. The summed E-state index contributed by atoms with van der Waals surface area (Å²) in [6.45, 7) is 4.86. The summed E-state index contributed by atoms with van der Waals surface area (Å²) in [5.41, 5.74) is 2.25. The summed E-state index contributed by atoms with van der Waals surface area (Å²) in [5.74, 6) is 0. The fourth-order valence-corrected chi connectivity index (χ4v) is 3.64. The molecular formula is C13H19BrN4S. The standard InChI is InChI=1S/C13H19BrN4S/c1-10-12(14)11(17(2)16-10)8-18-6-4-13(9-15,19-3)5-7-18/h4-8H2,1-3H3. The van der Waals surface area contributed by atoms with Crippen LogP contribution in [0, 0.1) is 18.3 Å². The van der Waals surface area contributed by atoms with Crippen molar-refractivity contribution in [2.24, 2.45) is 7.05 Å². The Kier molecular flexibility index (Phi) is 4.59. The number of likely N-dealkylation sites (tertiary alicyclic amines) is 1. The lowest BCUT2D eigenvalue weighted by Crippen LogP contribution is -2.41. The van der Waals surface area contributed by atoms with E-state index < -0.39 is 0 Å². The van der Waals surface area contributed by atoms with Gasteiger partial charge in [-0.15, -0.1) is 11.8 Å². The maximum atomic E-state index is 9.30. The van der Waals surface area contributed by atoms with Crippen LogP contribution in [0.1, 0.15) is 24.2 Å². The molecule has 1 aliphatic rings. The molecule has 0 N–H and O–H groups in total. The number of hydrogen-bond donors (Lipinski definition) is 0. The Labute approximate surface area is 127 Å². The third-order valence-corrected chi connectivity index (χ3v) is 6.21. The van der Waals surface area contributed by atoms with Gasteiger partial charge < -0.3 is 0 Å². The lowest BCUT2D eigenvalue weighted by atomic mass is 9.97. The molecule has 1 saturated heterocycles. The summed E-state index contributed by atoms with van der Waals surface area (Å²) in [5, 5.41) is 13.7. The molecule has 2 heterocycles. The fraction of sp³-hybridized carbons (Fsp3) is 0.692. The van der Waals surface area contributed by atoms with E-state index in [0.29, 0.717) is 0 Å². The second kappa shape index (κ2) is 5.86. The fourth-order valence-electron chi connectivity index (χ4n) is 2.50. The molecule has 0 bridgehead atoms. The van der Waals surface area contributed by atoms with Gasteiger partial charge in [-0.1, -0.05) is 0 Å². The van der Waals surface area contributed by atoms with Crippen molar-refractivity contribution in [1.82, 2.24) is 14.7 Å². The van der Waals surface area contributed by atoms with E-state index in [4.69, 9.17) is 0 Å². The minimum Gasteiger partial charge on any atom is -0.297 e. The number of hydrogen-bond acceptors (Lipinski definition) is 4. The largest absolute Gasteiger partial charge is 0.297 e. The Hall–Kier alpha value is -0.510. The van der Waals surface area contributed by atoms with Gasteiger partial charge in [0.25, 0.3) is 0 Å². The first kappa shape index (κ1) is 14.9. The van der Waals surface area contributed by atoms with Crippen molar-refractivity contribution >= 4 is 27.7 Å². The van der Waals surface area contributed by atoms with Crippen LogP contribution in [0.3, 0.4) is 0 Å². The van der Waals surface area contributed by atoms with E-state index in [1.807, 2.05) is 24.9 Å². The molecule has 0 unspecified atom stereocenters. The minimum absolute atomic E-state index is 0.171. The first-order valence-corrected chi connectivity index (χ1v) is 8.40. The van der Waals surface area contributed by atoms with Gasteiger partial charge in [-0.2, -0.15) is 10.4 Å². The molecule has 1 fully saturated rings. The first-order chi connectivity index (χ1) is 9.01. The van der Waals surface area contributed by atoms with E-state index in [2.05, 4.69) is 32.0 Å². The zero-order valence-corrected chi connectivity index (χ0v) is 14.0. The van der Waals surface area contributed by atoms with Gasteiger partial charge in [-0.05, 0) is 42.0 Å². The average molecular weight is 343 g/mol. The van der Waals surface area contributed by atoms with Crippen LogP contribution >= 0.6 is 27.7 Å². The highest BCUT2D eigenvalue weighted by Crippen LogP contribution is 2.34. The molecule has 0 amide bonds. The Balaban J connectivity index is 2.02. The molecule has 4 nitrogen and oxygen atoms in total. The van der Waals surface area contributed by atoms with Crippen molar-refractivity contribution in [2.75, 3.05) is 19.3 Å². The number of nitriles is 1. The van der Waals surface area contributed by atoms with Gasteiger partial charge in [0.05, 0.1) is 21.9 Å². The van der Waals surface area contributed by atoms with Crippen LogP contribution in [-0.4, -0.2) is 38.8 Å². The van der Waals surface area contributed by atoms with E-state index >= 15 is 0 Å². The van der Waals surface area contributed by atoms with Gasteiger partial charge in [0.15, 0.2) is 0 Å². The Morgan fingerprint density at radius 2 is 2.11 bits per heavy atom. The number of rotatable bonds is 3. The zero-order valence-electron chi connectivity index (χ0n) is 11.6. The third kappa shape index (κ3) is 2.99. The van der Waals surface area contributed by atoms with Crippen molar-refractivity contribution in [3.63, 3.8) is 0 Å². The molecule has 0 spiro atoms. The highest BCUT2D eigenvalue weighted by Gasteiger charge is 2.34. The van der Waals surface area contributed by atoms with Gasteiger partial charge in [0, 0.05) is 26.7 Å². The molecule has 0 saturated carbocycles. The normalized spacial score (nSPS) is 19.3. The maximum Gasteiger partial charge on any atom is 0.104 e. The van der Waals surface area contributed by atoms with E-state index in [-0.39, 0.29) is 4.75 Å². The van der Waals surface area contributed by atoms with E-state index in [1.165, 1.54) is 5.69 Å². The zero-order chi connectivity index (χ0) is 14.0. The van der Waals surface area contributed by atoms with Crippen LogP contribution in [0.25, 0.3) is 0 Å². The molecule has 0 aliphatic carbocycles. The number of piperidine rings is 1. The van der Waals surface area contributed by atoms with E-state index in [9.17, 15) is 5.26 Å². The average Bonchev–Trinajstić information content (AvgIpc) is 2.66. The van der Waals surface area contributed by atoms with Crippen LogP contribution in [0.4, 0.5) is 0 Å². The highest BCUT2D eigenvalue weighted by molar-refractivity contribution is 9.10. The van der Waals surface area contributed by atoms with Crippen LogP contribution in [0.15, 0.2) is 4.47 Å². The summed E-state index contributed by atoms with van der Waals surface area (Å²) in [4.78, 5) is 2.41. The second-order valence-electron chi connectivity index (χ2n) is 5.06. The van der Waals surface area contributed by atoms with Crippen molar-refractivity contribution in [1.29, 1.82) is 5.26 Å². The van der Waals surface area contributed by atoms with Gasteiger partial charge in [-0.25, -0.2) is 0 Å². The molecule has 19 heavy (non-hydrogen) atoms. The maximum absolute atomic E-state index is 9.30. The number of thioether (sulfide) groups is 1. The molecule has 104 valence electrons. The molecule has 0 radical (unpaired) electrons. The lowest BCUT2D eigenvalue weighted by Gasteiger charge is -2.36. The topological polar surface area (TPSA) is 44.9 Å². The molecule has 1 aromatic heterocycles. The molecule has 1 aromatic rings. The van der Waals surface area contributed by atoms with Gasteiger partial charge in [0.1, 0.15) is 4.75 Å². The van der Waals surface area contributed by atoms with Gasteiger partial charge >= 0.3 is 0 Å². The SMILES string of the molecule is CSC1(C#N)CCN(Cc2c(Br)c(C)nn2C)CC1. The van der Waals surface area contributed by atoms with Crippen molar-refractivity contribution < 1.29 is 0 Å². The van der Waals surface area contributed by atoms with E-state index in [0.717, 1.165) is 42.6 Å². The predicted molar refractivity (Wildman–Crippen MR) is 82.0 cm³/mol. The summed E-state index contributed by atoms with van der Waals surface area (Å²) in [6, 6.07) is 2.49. The molecule has 1 aliphatic heterocycles. The summed E-state index contributed by atoms with van der Waals surface area (Å²) < 4.78 is 2.88. The summed E-state index contributed by atoms with van der Waals surface area (Å²) in [6.07, 6.45) is 3.93. The van der Waals surface area contributed by atoms with Crippen LogP contribution in [0.2, 0.25) is 0 Å². The molecule has 0 atom stereocenters. The number of halogens is 1. The van der Waals surface area contributed by atoms with E-state index in [1.54, 1.807) is 11.8 Å². The summed E-state index contributed by atoms with van der Waals surface area (Å²) in [7, 11) is 1.98. The molecule has 6 heteroatoms. The molecule has 2 rings (SSSR count). The van der Waals surface area contributed by atoms with Crippen LogP contribution in [0.5, 0.6) is 0 Å². The quantitative estimate of drug-likeness (QED) is 0.847. The predicted octanol–water partition coefficient (Wildman–Crippen LogP) is 2.71. The highest BCUT2D eigenvalue weighted by atomic mass is 79.9. The van der Waals surface area contributed by atoms with Crippen molar-refractivity contribution in [3.8, 4) is 6.07 Å². The van der Waals surface area contributed by atoms with Gasteiger partial charge in [-0.3, -0.25) is 9.58 Å². The number of aromatic nitrogens is 2. The molecular weight excluding hydrogens is 324 g/mol. The lowest BCUT2D eigenvalue weighted by molar-refractivity contribution is 0.204. The monoisotopic (exact) mass is 342 g/mol. The Bertz CT molecular complexity index is 497. The third-order valence-electron chi connectivity index (χ3n) is 3.89. The van der Waals surface area contributed by atoms with Crippen LogP contribution < -0.4 is 0 Å². The van der Waals surface area contributed by atoms with Gasteiger partial charge in [0.2, 0.25) is 0 Å². The second-order valence-corrected chi connectivity index (χ2v) is 7.04. The Morgan fingerprint density at radius 3 is 2.53 bits per heavy atom. The number of aryl methyl sites for hydroxylation is 2. The first-order valence-electron chi connectivity index (χ1n) is 6.38. The van der Waals surface area contributed by atoms with Crippen molar-refractivity contribution in [3.05, 3.63) is 15.9 Å².